The second-order valence-corrected chi connectivity index (χ2v) is 4.83. The molecule has 1 aliphatic rings. The number of nitrogens with zero attached hydrogens (tertiary/aromatic N) is 1. The summed E-state index contributed by atoms with van der Waals surface area (Å²) >= 11 is 0. The Hall–Kier alpha value is -1.62. The zero-order valence-corrected chi connectivity index (χ0v) is 10.8. The Labute approximate surface area is 112 Å². The van der Waals surface area contributed by atoms with Crippen molar-refractivity contribution in [1.82, 2.24) is 5.32 Å². The molecule has 1 atom stereocenters. The van der Waals surface area contributed by atoms with E-state index in [0.29, 0.717) is 18.2 Å². The van der Waals surface area contributed by atoms with E-state index < -0.39 is 0 Å². The van der Waals surface area contributed by atoms with Gasteiger partial charge in [-0.15, -0.1) is 0 Å². The van der Waals surface area contributed by atoms with Crippen LogP contribution in [0.2, 0.25) is 0 Å². The predicted molar refractivity (Wildman–Crippen MR) is 71.4 cm³/mol. The first-order valence-electron chi connectivity index (χ1n) is 6.57. The number of anilines is 1. The molecule has 1 aliphatic heterocycles. The fourth-order valence-corrected chi connectivity index (χ4v) is 2.37. The molecule has 1 unspecified atom stereocenters. The Bertz CT molecular complexity index is 439. The number of benzene rings is 1. The quantitative estimate of drug-likeness (QED) is 0.840. The van der Waals surface area contributed by atoms with Crippen molar-refractivity contribution < 1.29 is 14.3 Å². The molecule has 0 aromatic heterocycles. The van der Waals surface area contributed by atoms with Crippen LogP contribution < -0.4 is 10.2 Å². The Balaban J connectivity index is 1.83. The van der Waals surface area contributed by atoms with Crippen LogP contribution >= 0.6 is 0 Å². The number of para-hydroxylation sites is 1. The first kappa shape index (κ1) is 13.8. The van der Waals surface area contributed by atoms with Crippen molar-refractivity contribution in [3.05, 3.63) is 30.1 Å². The van der Waals surface area contributed by atoms with Crippen LogP contribution in [0, 0.1) is 11.7 Å². The minimum Gasteiger partial charge on any atom is -0.396 e. The van der Waals surface area contributed by atoms with Crippen LogP contribution in [-0.2, 0) is 4.79 Å². The lowest BCUT2D eigenvalue weighted by atomic mass is 10.1. The van der Waals surface area contributed by atoms with E-state index in [2.05, 4.69) is 5.32 Å². The number of carbonyl (C=O) groups excluding carboxylic acids is 1. The van der Waals surface area contributed by atoms with E-state index in [1.165, 1.54) is 6.07 Å². The lowest BCUT2D eigenvalue weighted by molar-refractivity contribution is -0.121. The van der Waals surface area contributed by atoms with E-state index in [1.807, 2.05) is 11.0 Å². The van der Waals surface area contributed by atoms with E-state index >= 15 is 0 Å². The SMILES string of the molecule is O=C(CCO)NCC1CCN(c2ccccc2F)C1. The Morgan fingerprint density at radius 3 is 3.00 bits per heavy atom. The molecule has 0 saturated carbocycles. The van der Waals surface area contributed by atoms with Crippen LogP contribution in [0.15, 0.2) is 24.3 Å². The van der Waals surface area contributed by atoms with Gasteiger partial charge in [0.15, 0.2) is 0 Å². The molecule has 104 valence electrons. The number of hydrogen-bond acceptors (Lipinski definition) is 3. The minimum absolute atomic E-state index is 0.127. The standard InChI is InChI=1S/C14H19FN2O2/c15-12-3-1-2-4-13(12)17-7-5-11(10-17)9-16-14(19)6-8-18/h1-4,11,18H,5-10H2,(H,16,19). The van der Waals surface area contributed by atoms with E-state index in [9.17, 15) is 9.18 Å². The summed E-state index contributed by atoms with van der Waals surface area (Å²) in [5.74, 6) is 0.00144. The summed E-state index contributed by atoms with van der Waals surface area (Å²) in [5.41, 5.74) is 0.631. The number of rotatable bonds is 5. The van der Waals surface area contributed by atoms with Crippen LogP contribution in [0.5, 0.6) is 0 Å². The van der Waals surface area contributed by atoms with Crippen LogP contribution in [0.4, 0.5) is 10.1 Å². The maximum Gasteiger partial charge on any atom is 0.222 e. The Morgan fingerprint density at radius 1 is 1.47 bits per heavy atom. The fraction of sp³-hybridized carbons (Fsp3) is 0.500. The molecule has 0 bridgehead atoms. The van der Waals surface area contributed by atoms with E-state index in [4.69, 9.17) is 5.11 Å². The zero-order valence-electron chi connectivity index (χ0n) is 10.8. The molecule has 1 amide bonds. The van der Waals surface area contributed by atoms with Crippen molar-refractivity contribution in [2.75, 3.05) is 31.1 Å². The zero-order chi connectivity index (χ0) is 13.7. The normalized spacial score (nSPS) is 18.6. The maximum atomic E-state index is 13.6. The van der Waals surface area contributed by atoms with Gasteiger partial charge in [-0.25, -0.2) is 4.39 Å². The average Bonchev–Trinajstić information content (AvgIpc) is 2.86. The summed E-state index contributed by atoms with van der Waals surface area (Å²) in [5, 5.41) is 11.4. The molecule has 2 rings (SSSR count). The topological polar surface area (TPSA) is 52.6 Å². The Morgan fingerprint density at radius 2 is 2.26 bits per heavy atom. The predicted octanol–water partition coefficient (Wildman–Crippen LogP) is 1.15. The lowest BCUT2D eigenvalue weighted by Gasteiger charge is -2.19. The van der Waals surface area contributed by atoms with Crippen molar-refractivity contribution in [2.24, 2.45) is 5.92 Å². The molecule has 0 spiro atoms. The number of nitrogens with one attached hydrogen (secondary N) is 1. The summed E-state index contributed by atoms with van der Waals surface area (Å²) in [6.07, 6.45) is 1.08. The van der Waals surface area contributed by atoms with Crippen LogP contribution in [-0.4, -0.2) is 37.3 Å². The molecular weight excluding hydrogens is 247 g/mol. The number of hydrogen-bond donors (Lipinski definition) is 2. The number of aliphatic hydroxyl groups is 1. The summed E-state index contributed by atoms with van der Waals surface area (Å²) in [6.45, 7) is 2.02. The van der Waals surface area contributed by atoms with Crippen molar-refractivity contribution in [2.45, 2.75) is 12.8 Å². The van der Waals surface area contributed by atoms with Crippen LogP contribution in [0.3, 0.4) is 0 Å². The van der Waals surface area contributed by atoms with Gasteiger partial charge < -0.3 is 15.3 Å². The highest BCUT2D eigenvalue weighted by molar-refractivity contribution is 5.75. The van der Waals surface area contributed by atoms with Crippen molar-refractivity contribution in [3.8, 4) is 0 Å². The molecule has 1 aromatic carbocycles. The molecule has 0 aliphatic carbocycles. The molecule has 4 nitrogen and oxygen atoms in total. The first-order valence-corrected chi connectivity index (χ1v) is 6.57. The van der Waals surface area contributed by atoms with E-state index in [1.54, 1.807) is 12.1 Å². The number of amides is 1. The molecule has 2 N–H and O–H groups in total. The number of carbonyl (C=O) groups is 1. The molecule has 1 saturated heterocycles. The van der Waals surface area contributed by atoms with Crippen LogP contribution in [0.1, 0.15) is 12.8 Å². The van der Waals surface area contributed by atoms with Gasteiger partial charge in [-0.2, -0.15) is 0 Å². The molecule has 5 heteroatoms. The minimum atomic E-state index is -0.201. The summed E-state index contributed by atoms with van der Waals surface area (Å²) in [7, 11) is 0. The van der Waals surface area contributed by atoms with Gasteiger partial charge in [-0.1, -0.05) is 12.1 Å². The van der Waals surface area contributed by atoms with Crippen molar-refractivity contribution in [1.29, 1.82) is 0 Å². The molecular formula is C14H19FN2O2. The van der Waals surface area contributed by atoms with Gasteiger partial charge in [0.1, 0.15) is 5.82 Å². The van der Waals surface area contributed by atoms with Gasteiger partial charge in [0.25, 0.3) is 0 Å². The van der Waals surface area contributed by atoms with Crippen molar-refractivity contribution in [3.63, 3.8) is 0 Å². The van der Waals surface area contributed by atoms with Gasteiger partial charge in [-0.3, -0.25) is 4.79 Å². The fourth-order valence-electron chi connectivity index (χ4n) is 2.37. The maximum absolute atomic E-state index is 13.6. The van der Waals surface area contributed by atoms with Crippen molar-refractivity contribution >= 4 is 11.6 Å². The van der Waals surface area contributed by atoms with Crippen LogP contribution in [0.25, 0.3) is 0 Å². The molecule has 1 aromatic rings. The molecule has 19 heavy (non-hydrogen) atoms. The average molecular weight is 266 g/mol. The Kier molecular flexibility index (Phi) is 4.74. The highest BCUT2D eigenvalue weighted by Crippen LogP contribution is 2.25. The molecule has 1 fully saturated rings. The number of aliphatic hydroxyl groups excluding tert-OH is 1. The summed E-state index contributed by atoms with van der Waals surface area (Å²) in [4.78, 5) is 13.3. The second kappa shape index (κ2) is 6.52. The highest BCUT2D eigenvalue weighted by Gasteiger charge is 2.24. The molecule has 1 heterocycles. The van der Waals surface area contributed by atoms with Gasteiger partial charge in [0.2, 0.25) is 5.91 Å². The summed E-state index contributed by atoms with van der Waals surface area (Å²) in [6, 6.07) is 6.75. The van der Waals surface area contributed by atoms with Gasteiger partial charge in [0.05, 0.1) is 12.3 Å². The highest BCUT2D eigenvalue weighted by atomic mass is 19.1. The van der Waals surface area contributed by atoms with E-state index in [0.717, 1.165) is 19.5 Å². The van der Waals surface area contributed by atoms with Gasteiger partial charge >= 0.3 is 0 Å². The number of halogens is 1. The first-order chi connectivity index (χ1) is 9.20. The third-order valence-electron chi connectivity index (χ3n) is 3.41. The third-order valence-corrected chi connectivity index (χ3v) is 3.41. The smallest absolute Gasteiger partial charge is 0.222 e. The van der Waals surface area contributed by atoms with Gasteiger partial charge in [0, 0.05) is 26.1 Å². The third kappa shape index (κ3) is 3.67. The summed E-state index contributed by atoms with van der Waals surface area (Å²) < 4.78 is 13.6. The van der Waals surface area contributed by atoms with Gasteiger partial charge in [-0.05, 0) is 24.5 Å². The monoisotopic (exact) mass is 266 g/mol. The largest absolute Gasteiger partial charge is 0.396 e. The molecule has 0 radical (unpaired) electrons. The lowest BCUT2D eigenvalue weighted by Crippen LogP contribution is -2.31. The second-order valence-electron chi connectivity index (χ2n) is 4.83. The van der Waals surface area contributed by atoms with E-state index in [-0.39, 0.29) is 24.8 Å².